The summed E-state index contributed by atoms with van der Waals surface area (Å²) in [5, 5.41) is 3.58. The van der Waals surface area contributed by atoms with Gasteiger partial charge >= 0.3 is 0 Å². The van der Waals surface area contributed by atoms with Crippen LogP contribution in [0.3, 0.4) is 0 Å². The average Bonchev–Trinajstić information content (AvgIpc) is 2.48. The highest BCUT2D eigenvalue weighted by atomic mass is 32.2. The minimum Gasteiger partial charge on any atom is -0.338 e. The van der Waals surface area contributed by atoms with Gasteiger partial charge in [0.1, 0.15) is 5.75 Å². The van der Waals surface area contributed by atoms with E-state index in [1.165, 1.54) is 0 Å². The van der Waals surface area contributed by atoms with Crippen LogP contribution in [0.15, 0.2) is 4.52 Å². The van der Waals surface area contributed by atoms with E-state index in [4.69, 9.17) is 10.3 Å². The molecule has 1 aromatic heterocycles. The summed E-state index contributed by atoms with van der Waals surface area (Å²) < 4.78 is 26.9. The second-order valence-corrected chi connectivity index (χ2v) is 6.50. The van der Waals surface area contributed by atoms with Crippen molar-refractivity contribution in [2.24, 2.45) is 11.7 Å². The zero-order chi connectivity index (χ0) is 12.3. The van der Waals surface area contributed by atoms with E-state index in [0.717, 1.165) is 12.7 Å². The molecular formula is C9H17N3O3S. The average molecular weight is 247 g/mol. The maximum atomic E-state index is 11.0. The highest BCUT2D eigenvalue weighted by Gasteiger charge is 2.17. The molecule has 6 nitrogen and oxygen atoms in total. The maximum Gasteiger partial charge on any atom is 0.243 e. The number of hydrogen-bond acceptors (Lipinski definition) is 6. The first kappa shape index (κ1) is 13.1. The summed E-state index contributed by atoms with van der Waals surface area (Å²) in [5.74, 6) is 0.662. The molecule has 1 heterocycles. The molecule has 92 valence electrons. The number of aromatic nitrogens is 2. The van der Waals surface area contributed by atoms with E-state index in [1.54, 1.807) is 0 Å². The zero-order valence-electron chi connectivity index (χ0n) is 9.67. The van der Waals surface area contributed by atoms with Crippen LogP contribution in [-0.2, 0) is 15.6 Å². The molecular weight excluding hydrogens is 230 g/mol. The molecule has 0 saturated carbocycles. The van der Waals surface area contributed by atoms with E-state index in [-0.39, 0.29) is 17.6 Å². The Kier molecular flexibility index (Phi) is 4.03. The Morgan fingerprint density at radius 1 is 1.44 bits per heavy atom. The fourth-order valence-corrected chi connectivity index (χ4v) is 1.91. The first-order chi connectivity index (χ1) is 7.28. The Morgan fingerprint density at radius 2 is 2.06 bits per heavy atom. The van der Waals surface area contributed by atoms with Gasteiger partial charge in [-0.05, 0) is 12.3 Å². The van der Waals surface area contributed by atoms with Crippen molar-refractivity contribution in [2.75, 3.05) is 6.26 Å². The SMILES string of the molecule is CC(C)C[C@@H](N)c1nc(CS(C)(=O)=O)no1. The molecule has 2 N–H and O–H groups in total. The van der Waals surface area contributed by atoms with E-state index >= 15 is 0 Å². The summed E-state index contributed by atoms with van der Waals surface area (Å²) in [5.41, 5.74) is 5.83. The van der Waals surface area contributed by atoms with Gasteiger partial charge in [-0.1, -0.05) is 19.0 Å². The van der Waals surface area contributed by atoms with Crippen molar-refractivity contribution < 1.29 is 12.9 Å². The molecule has 1 aromatic rings. The van der Waals surface area contributed by atoms with E-state index < -0.39 is 9.84 Å². The predicted molar refractivity (Wildman–Crippen MR) is 59.2 cm³/mol. The summed E-state index contributed by atoms with van der Waals surface area (Å²) in [6, 6.07) is -0.333. The lowest BCUT2D eigenvalue weighted by atomic mass is 10.0. The molecule has 0 aliphatic heterocycles. The number of rotatable bonds is 5. The number of nitrogens with zero attached hydrogens (tertiary/aromatic N) is 2. The van der Waals surface area contributed by atoms with Gasteiger partial charge in [-0.25, -0.2) is 8.42 Å². The predicted octanol–water partition coefficient (Wildman–Crippen LogP) is 0.660. The summed E-state index contributed by atoms with van der Waals surface area (Å²) in [6.45, 7) is 4.07. The van der Waals surface area contributed by atoms with Crippen molar-refractivity contribution in [3.63, 3.8) is 0 Å². The highest BCUT2D eigenvalue weighted by molar-refractivity contribution is 7.89. The van der Waals surface area contributed by atoms with Crippen molar-refractivity contribution in [3.8, 4) is 0 Å². The number of sulfone groups is 1. The number of hydrogen-bond donors (Lipinski definition) is 1. The van der Waals surface area contributed by atoms with Crippen molar-refractivity contribution in [1.82, 2.24) is 10.1 Å². The standard InChI is InChI=1S/C9H17N3O3S/c1-6(2)4-7(10)9-11-8(12-15-9)5-16(3,13)14/h6-7H,4-5,10H2,1-3H3/t7-/m1/s1. The van der Waals surface area contributed by atoms with Crippen molar-refractivity contribution in [3.05, 3.63) is 11.7 Å². The summed E-state index contributed by atoms with van der Waals surface area (Å²) >= 11 is 0. The molecule has 0 amide bonds. The molecule has 1 rings (SSSR count). The van der Waals surface area contributed by atoms with Gasteiger partial charge in [-0.2, -0.15) is 4.98 Å². The van der Waals surface area contributed by atoms with Crippen LogP contribution in [0, 0.1) is 5.92 Å². The van der Waals surface area contributed by atoms with Crippen molar-refractivity contribution in [2.45, 2.75) is 32.1 Å². The molecule has 0 spiro atoms. The smallest absolute Gasteiger partial charge is 0.243 e. The largest absolute Gasteiger partial charge is 0.338 e. The zero-order valence-corrected chi connectivity index (χ0v) is 10.5. The van der Waals surface area contributed by atoms with Gasteiger partial charge in [0.2, 0.25) is 5.89 Å². The van der Waals surface area contributed by atoms with E-state index in [1.807, 2.05) is 13.8 Å². The molecule has 0 unspecified atom stereocenters. The highest BCUT2D eigenvalue weighted by Crippen LogP contribution is 2.17. The van der Waals surface area contributed by atoms with Crippen LogP contribution >= 0.6 is 0 Å². The molecule has 16 heavy (non-hydrogen) atoms. The molecule has 0 saturated heterocycles. The van der Waals surface area contributed by atoms with Gasteiger partial charge in [0, 0.05) is 6.26 Å². The van der Waals surface area contributed by atoms with E-state index in [0.29, 0.717) is 11.8 Å². The molecule has 0 fully saturated rings. The van der Waals surface area contributed by atoms with Gasteiger partial charge in [0.15, 0.2) is 15.7 Å². The van der Waals surface area contributed by atoms with Gasteiger partial charge < -0.3 is 10.3 Å². The van der Waals surface area contributed by atoms with Crippen molar-refractivity contribution in [1.29, 1.82) is 0 Å². The number of nitrogens with two attached hydrogens (primary N) is 1. The Balaban J connectivity index is 2.71. The van der Waals surface area contributed by atoms with Crippen LogP contribution in [0.1, 0.15) is 38.0 Å². The topological polar surface area (TPSA) is 99.1 Å². The first-order valence-corrected chi connectivity index (χ1v) is 7.10. The van der Waals surface area contributed by atoms with Crippen LogP contribution in [0.5, 0.6) is 0 Å². The normalized spacial score (nSPS) is 14.3. The Hall–Kier alpha value is -0.950. The lowest BCUT2D eigenvalue weighted by Crippen LogP contribution is -2.13. The Bertz CT molecular complexity index is 439. The van der Waals surface area contributed by atoms with Gasteiger partial charge in [-0.15, -0.1) is 0 Å². The summed E-state index contributed by atoms with van der Waals surface area (Å²) in [7, 11) is -3.14. The third-order valence-electron chi connectivity index (χ3n) is 1.92. The molecule has 0 aliphatic carbocycles. The van der Waals surface area contributed by atoms with Crippen LogP contribution in [0.25, 0.3) is 0 Å². The van der Waals surface area contributed by atoms with Crippen LogP contribution < -0.4 is 5.73 Å². The molecule has 0 bridgehead atoms. The second kappa shape index (κ2) is 4.92. The summed E-state index contributed by atoms with van der Waals surface area (Å²) in [6.07, 6.45) is 1.84. The van der Waals surface area contributed by atoms with Crippen LogP contribution in [0.2, 0.25) is 0 Å². The minimum atomic E-state index is -3.14. The maximum absolute atomic E-state index is 11.0. The quantitative estimate of drug-likeness (QED) is 0.820. The van der Waals surface area contributed by atoms with Crippen molar-refractivity contribution >= 4 is 9.84 Å². The second-order valence-electron chi connectivity index (χ2n) is 4.35. The molecule has 0 aromatic carbocycles. The van der Waals surface area contributed by atoms with Crippen LogP contribution in [-0.4, -0.2) is 24.8 Å². The molecule has 0 aliphatic rings. The molecule has 1 atom stereocenters. The van der Waals surface area contributed by atoms with E-state index in [9.17, 15) is 8.42 Å². The van der Waals surface area contributed by atoms with Gasteiger partial charge in [0.05, 0.1) is 6.04 Å². The van der Waals surface area contributed by atoms with Gasteiger partial charge in [-0.3, -0.25) is 0 Å². The third kappa shape index (κ3) is 4.28. The third-order valence-corrected chi connectivity index (χ3v) is 2.70. The summed E-state index contributed by atoms with van der Waals surface area (Å²) in [4.78, 5) is 3.97. The fourth-order valence-electron chi connectivity index (χ4n) is 1.32. The monoisotopic (exact) mass is 247 g/mol. The first-order valence-electron chi connectivity index (χ1n) is 5.03. The van der Waals surface area contributed by atoms with Crippen LogP contribution in [0.4, 0.5) is 0 Å². The fraction of sp³-hybridized carbons (Fsp3) is 0.778. The Morgan fingerprint density at radius 3 is 2.56 bits per heavy atom. The lowest BCUT2D eigenvalue weighted by Gasteiger charge is -2.08. The molecule has 0 radical (unpaired) electrons. The minimum absolute atomic E-state index is 0.164. The lowest BCUT2D eigenvalue weighted by molar-refractivity contribution is 0.333. The van der Waals surface area contributed by atoms with Gasteiger partial charge in [0.25, 0.3) is 0 Å². The molecule has 7 heteroatoms. The Labute approximate surface area is 95.1 Å². The van der Waals surface area contributed by atoms with E-state index in [2.05, 4.69) is 10.1 Å².